The molecule has 0 saturated carbocycles. The van der Waals surface area contributed by atoms with Gasteiger partial charge in [-0.15, -0.1) is 0 Å². The van der Waals surface area contributed by atoms with E-state index in [0.29, 0.717) is 28.0 Å². The number of nitrogens with one attached hydrogen (secondary N) is 2. The SMILES string of the molecule is CC(=O)Nc1ccc(C)cc1-c1nc2ccccc2n([C@@H](C)C(=O)Nc2cccc(C)c2C)c1=O. The Morgan fingerprint density at radius 3 is 2.40 bits per heavy atom. The van der Waals surface area contributed by atoms with Crippen LogP contribution in [-0.4, -0.2) is 21.4 Å². The number of fused-ring (bicyclic) bond motifs is 1. The van der Waals surface area contributed by atoms with Gasteiger partial charge in [0.05, 0.1) is 16.7 Å². The van der Waals surface area contributed by atoms with Crippen molar-refractivity contribution in [1.82, 2.24) is 9.55 Å². The average molecular weight is 469 g/mol. The Morgan fingerprint density at radius 1 is 0.914 bits per heavy atom. The lowest BCUT2D eigenvalue weighted by molar-refractivity contribution is -0.118. The molecule has 0 spiro atoms. The van der Waals surface area contributed by atoms with Gasteiger partial charge in [-0.25, -0.2) is 4.98 Å². The van der Waals surface area contributed by atoms with Gasteiger partial charge in [-0.2, -0.15) is 0 Å². The highest BCUT2D eigenvalue weighted by Gasteiger charge is 2.23. The average Bonchev–Trinajstić information content (AvgIpc) is 2.82. The molecule has 4 rings (SSSR count). The molecule has 7 nitrogen and oxygen atoms in total. The van der Waals surface area contributed by atoms with Crippen LogP contribution in [0.3, 0.4) is 0 Å². The number of amides is 2. The molecule has 0 radical (unpaired) electrons. The second-order valence-corrected chi connectivity index (χ2v) is 8.77. The molecule has 2 amide bonds. The fourth-order valence-electron chi connectivity index (χ4n) is 4.11. The zero-order valence-corrected chi connectivity index (χ0v) is 20.5. The minimum absolute atomic E-state index is 0.169. The van der Waals surface area contributed by atoms with Crippen molar-refractivity contribution in [2.75, 3.05) is 10.6 Å². The van der Waals surface area contributed by atoms with Gasteiger partial charge in [-0.3, -0.25) is 19.0 Å². The molecule has 0 bridgehead atoms. The van der Waals surface area contributed by atoms with Crippen LogP contribution in [0.2, 0.25) is 0 Å². The number of anilines is 2. The zero-order chi connectivity index (χ0) is 25.3. The lowest BCUT2D eigenvalue weighted by Gasteiger charge is -2.20. The summed E-state index contributed by atoms with van der Waals surface area (Å²) in [5.74, 6) is -0.563. The highest BCUT2D eigenvalue weighted by Crippen LogP contribution is 2.28. The van der Waals surface area contributed by atoms with Gasteiger partial charge in [0.2, 0.25) is 11.8 Å². The number of para-hydroxylation sites is 2. The first-order chi connectivity index (χ1) is 16.7. The van der Waals surface area contributed by atoms with Crippen molar-refractivity contribution in [3.63, 3.8) is 0 Å². The van der Waals surface area contributed by atoms with E-state index in [1.165, 1.54) is 11.5 Å². The van der Waals surface area contributed by atoms with Gasteiger partial charge in [-0.05, 0) is 69.2 Å². The Balaban J connectivity index is 1.88. The second-order valence-electron chi connectivity index (χ2n) is 8.77. The molecule has 1 atom stereocenters. The second kappa shape index (κ2) is 9.54. The predicted octanol–water partition coefficient (Wildman–Crippen LogP) is 5.15. The van der Waals surface area contributed by atoms with E-state index in [1.54, 1.807) is 25.1 Å². The number of carbonyl (C=O) groups is 2. The minimum Gasteiger partial charge on any atom is -0.326 e. The molecule has 0 aliphatic rings. The lowest BCUT2D eigenvalue weighted by atomic mass is 10.1. The standard InChI is InChI=1S/C28H28N4O3/c1-16-13-14-23(29-20(5)33)21(15-16)26-28(35)32(25-12-7-6-10-24(25)30-26)19(4)27(34)31-22-11-8-9-17(2)18(22)3/h6-15,19H,1-5H3,(H,29,33)(H,31,34)/t19-/m0/s1. The van der Waals surface area contributed by atoms with Crippen molar-refractivity contribution in [3.8, 4) is 11.3 Å². The zero-order valence-electron chi connectivity index (χ0n) is 20.5. The van der Waals surface area contributed by atoms with Crippen LogP contribution < -0.4 is 16.2 Å². The van der Waals surface area contributed by atoms with Crippen LogP contribution >= 0.6 is 0 Å². The number of benzene rings is 3. The number of aromatic nitrogens is 2. The smallest absolute Gasteiger partial charge is 0.278 e. The van der Waals surface area contributed by atoms with E-state index < -0.39 is 11.6 Å². The van der Waals surface area contributed by atoms with E-state index in [4.69, 9.17) is 0 Å². The summed E-state index contributed by atoms with van der Waals surface area (Å²) in [6.07, 6.45) is 0. The molecule has 1 heterocycles. The minimum atomic E-state index is -0.817. The van der Waals surface area contributed by atoms with Crippen LogP contribution in [0.4, 0.5) is 11.4 Å². The van der Waals surface area contributed by atoms with E-state index in [-0.39, 0.29) is 17.5 Å². The molecule has 0 fully saturated rings. The summed E-state index contributed by atoms with van der Waals surface area (Å²) >= 11 is 0. The van der Waals surface area contributed by atoms with Crippen LogP contribution in [0.1, 0.15) is 36.6 Å². The number of hydrogen-bond acceptors (Lipinski definition) is 4. The van der Waals surface area contributed by atoms with Gasteiger partial charge in [-0.1, -0.05) is 35.9 Å². The van der Waals surface area contributed by atoms with Crippen LogP contribution in [0.15, 0.2) is 65.5 Å². The van der Waals surface area contributed by atoms with Crippen molar-refractivity contribution in [3.05, 3.63) is 87.7 Å². The molecule has 0 saturated heterocycles. The quantitative estimate of drug-likeness (QED) is 0.424. The highest BCUT2D eigenvalue weighted by molar-refractivity contribution is 5.96. The third-order valence-corrected chi connectivity index (χ3v) is 6.17. The molecule has 0 aliphatic heterocycles. The van der Waals surface area contributed by atoms with Gasteiger partial charge in [0.1, 0.15) is 11.7 Å². The van der Waals surface area contributed by atoms with Gasteiger partial charge in [0.25, 0.3) is 5.56 Å². The van der Waals surface area contributed by atoms with Crippen LogP contribution in [0, 0.1) is 20.8 Å². The third-order valence-electron chi connectivity index (χ3n) is 6.17. The fourth-order valence-corrected chi connectivity index (χ4v) is 4.11. The van der Waals surface area contributed by atoms with E-state index in [9.17, 15) is 14.4 Å². The predicted molar refractivity (Wildman–Crippen MR) is 140 cm³/mol. The van der Waals surface area contributed by atoms with Gasteiger partial charge in [0.15, 0.2) is 0 Å². The Morgan fingerprint density at radius 2 is 1.66 bits per heavy atom. The summed E-state index contributed by atoms with van der Waals surface area (Å²) in [7, 11) is 0. The largest absolute Gasteiger partial charge is 0.326 e. The van der Waals surface area contributed by atoms with Gasteiger partial charge < -0.3 is 10.6 Å². The van der Waals surface area contributed by atoms with E-state index in [2.05, 4.69) is 15.6 Å². The van der Waals surface area contributed by atoms with Crippen molar-refractivity contribution >= 4 is 34.2 Å². The van der Waals surface area contributed by atoms with Crippen LogP contribution in [0.25, 0.3) is 22.3 Å². The summed E-state index contributed by atoms with van der Waals surface area (Å²) in [6.45, 7) is 8.94. The summed E-state index contributed by atoms with van der Waals surface area (Å²) in [6, 6.07) is 17.5. The molecule has 2 N–H and O–H groups in total. The molecule has 3 aromatic carbocycles. The first kappa shape index (κ1) is 23.9. The maximum absolute atomic E-state index is 13.9. The number of rotatable bonds is 5. The summed E-state index contributed by atoms with van der Waals surface area (Å²) < 4.78 is 1.47. The maximum Gasteiger partial charge on any atom is 0.278 e. The topological polar surface area (TPSA) is 93.1 Å². The molecule has 1 aromatic heterocycles. The Hall–Kier alpha value is -4.26. The normalized spacial score (nSPS) is 11.8. The molecule has 178 valence electrons. The maximum atomic E-state index is 13.9. The van der Waals surface area contributed by atoms with E-state index in [1.807, 2.05) is 63.2 Å². The Labute approximate surface area is 203 Å². The Bertz CT molecular complexity index is 1520. The van der Waals surface area contributed by atoms with Gasteiger partial charge >= 0.3 is 0 Å². The Kier molecular flexibility index (Phi) is 6.51. The summed E-state index contributed by atoms with van der Waals surface area (Å²) in [4.78, 5) is 43.6. The van der Waals surface area contributed by atoms with Crippen molar-refractivity contribution < 1.29 is 9.59 Å². The number of hydrogen-bond donors (Lipinski definition) is 2. The fraction of sp³-hybridized carbons (Fsp3) is 0.214. The van der Waals surface area contributed by atoms with Crippen molar-refractivity contribution in [2.45, 2.75) is 40.7 Å². The number of aryl methyl sites for hydroxylation is 2. The van der Waals surface area contributed by atoms with E-state index >= 15 is 0 Å². The van der Waals surface area contributed by atoms with E-state index in [0.717, 1.165) is 16.7 Å². The molecular weight excluding hydrogens is 440 g/mol. The molecule has 7 heteroatoms. The third kappa shape index (κ3) is 4.71. The summed E-state index contributed by atoms with van der Waals surface area (Å²) in [5, 5.41) is 5.75. The summed E-state index contributed by atoms with van der Waals surface area (Å²) in [5.41, 5.74) is 5.54. The van der Waals surface area contributed by atoms with Gasteiger partial charge in [0, 0.05) is 18.2 Å². The van der Waals surface area contributed by atoms with Crippen molar-refractivity contribution in [2.24, 2.45) is 0 Å². The molecule has 0 aliphatic carbocycles. The first-order valence-electron chi connectivity index (χ1n) is 11.4. The van der Waals surface area contributed by atoms with Crippen LogP contribution in [0.5, 0.6) is 0 Å². The first-order valence-corrected chi connectivity index (χ1v) is 11.4. The molecular formula is C28H28N4O3. The number of nitrogens with zero attached hydrogens (tertiary/aromatic N) is 2. The van der Waals surface area contributed by atoms with Crippen LogP contribution in [-0.2, 0) is 9.59 Å². The highest BCUT2D eigenvalue weighted by atomic mass is 16.2. The monoisotopic (exact) mass is 468 g/mol. The molecule has 0 unspecified atom stereocenters. The molecule has 35 heavy (non-hydrogen) atoms. The molecule has 4 aromatic rings. The lowest BCUT2D eigenvalue weighted by Crippen LogP contribution is -2.33. The number of carbonyl (C=O) groups excluding carboxylic acids is 2. The van der Waals surface area contributed by atoms with Crippen molar-refractivity contribution in [1.29, 1.82) is 0 Å².